The summed E-state index contributed by atoms with van der Waals surface area (Å²) in [5.74, 6) is 1.45. The number of halogens is 2. The van der Waals surface area contributed by atoms with E-state index in [0.717, 1.165) is 33.9 Å². The Bertz CT molecular complexity index is 1210. The van der Waals surface area contributed by atoms with E-state index in [0.29, 0.717) is 17.5 Å². The highest BCUT2D eigenvalue weighted by atomic mass is 35.5. The van der Waals surface area contributed by atoms with Crippen LogP contribution in [0.15, 0.2) is 78.2 Å². The van der Waals surface area contributed by atoms with Crippen molar-refractivity contribution in [1.82, 2.24) is 19.7 Å². The van der Waals surface area contributed by atoms with Crippen LogP contribution in [0.25, 0.3) is 5.69 Å². The lowest BCUT2D eigenvalue weighted by Crippen LogP contribution is -2.20. The maximum absolute atomic E-state index is 6.37. The maximum atomic E-state index is 6.37. The second-order valence-corrected chi connectivity index (χ2v) is 7.21. The lowest BCUT2D eigenvalue weighted by molar-refractivity contribution is 0.795. The van der Waals surface area contributed by atoms with Crippen molar-refractivity contribution in [1.29, 1.82) is 0 Å². The van der Waals surface area contributed by atoms with Crippen molar-refractivity contribution in [3.63, 3.8) is 0 Å². The zero-order chi connectivity index (χ0) is 19.8. The first-order valence-electron chi connectivity index (χ1n) is 9.23. The first kappa shape index (κ1) is 20.1. The molecule has 0 saturated carbocycles. The lowest BCUT2D eigenvalue weighted by Gasteiger charge is -2.17. The predicted molar refractivity (Wildman–Crippen MR) is 121 cm³/mol. The fraction of sp³-hybridized carbons (Fsp3) is 0.0909. The molecule has 0 N–H and O–H groups in total. The predicted octanol–water partition coefficient (Wildman–Crippen LogP) is 4.82. The Morgan fingerprint density at radius 2 is 1.70 bits per heavy atom. The summed E-state index contributed by atoms with van der Waals surface area (Å²) in [5, 5.41) is 16.3. The Labute approximate surface area is 185 Å². The third kappa shape index (κ3) is 3.56. The molecule has 0 atom stereocenters. The van der Waals surface area contributed by atoms with E-state index >= 15 is 0 Å². The van der Waals surface area contributed by atoms with Crippen molar-refractivity contribution in [2.45, 2.75) is 13.5 Å². The first-order chi connectivity index (χ1) is 14.2. The van der Waals surface area contributed by atoms with Gasteiger partial charge in [-0.05, 0) is 42.8 Å². The molecule has 6 nitrogen and oxygen atoms in total. The van der Waals surface area contributed by atoms with Gasteiger partial charge < -0.3 is 0 Å². The summed E-state index contributed by atoms with van der Waals surface area (Å²) in [4.78, 5) is 4.11. The Hall–Kier alpha value is -3.22. The van der Waals surface area contributed by atoms with Crippen LogP contribution in [-0.4, -0.2) is 25.5 Å². The molecule has 30 heavy (non-hydrogen) atoms. The Balaban J connectivity index is 0.00000218. The van der Waals surface area contributed by atoms with Crippen LogP contribution in [0, 0.1) is 6.92 Å². The van der Waals surface area contributed by atoms with Gasteiger partial charge in [0.2, 0.25) is 0 Å². The molecule has 5 rings (SSSR count). The van der Waals surface area contributed by atoms with E-state index < -0.39 is 0 Å². The molecule has 0 bridgehead atoms. The van der Waals surface area contributed by atoms with E-state index in [2.05, 4.69) is 15.2 Å². The van der Waals surface area contributed by atoms with E-state index in [1.165, 1.54) is 0 Å². The summed E-state index contributed by atoms with van der Waals surface area (Å²) in [6.45, 7) is 2.48. The number of fused-ring (bicyclic) bond motifs is 3. The fourth-order valence-corrected chi connectivity index (χ4v) is 3.66. The number of hydrogen-bond donors (Lipinski definition) is 0. The van der Waals surface area contributed by atoms with Crippen molar-refractivity contribution in [2.75, 3.05) is 5.01 Å². The van der Waals surface area contributed by atoms with Gasteiger partial charge in [0, 0.05) is 28.5 Å². The molecule has 4 aromatic rings. The Kier molecular flexibility index (Phi) is 5.53. The van der Waals surface area contributed by atoms with Crippen LogP contribution >= 0.6 is 24.0 Å². The molecule has 0 saturated heterocycles. The number of nitrogens with zero attached hydrogens (tertiary/aromatic N) is 6. The van der Waals surface area contributed by atoms with E-state index in [9.17, 15) is 0 Å². The van der Waals surface area contributed by atoms with Gasteiger partial charge in [0.25, 0.3) is 5.95 Å². The summed E-state index contributed by atoms with van der Waals surface area (Å²) in [7, 11) is 0. The van der Waals surface area contributed by atoms with Crippen LogP contribution in [0.1, 0.15) is 22.5 Å². The highest BCUT2D eigenvalue weighted by molar-refractivity contribution is 6.31. The van der Waals surface area contributed by atoms with Gasteiger partial charge in [0.1, 0.15) is 11.5 Å². The van der Waals surface area contributed by atoms with Gasteiger partial charge in [-0.25, -0.2) is 5.01 Å². The van der Waals surface area contributed by atoms with E-state index in [1.54, 1.807) is 12.4 Å². The van der Waals surface area contributed by atoms with Crippen LogP contribution in [0.5, 0.6) is 0 Å². The number of hydrogen-bond acceptors (Lipinski definition) is 5. The average molecular weight is 437 g/mol. The van der Waals surface area contributed by atoms with Crippen molar-refractivity contribution >= 4 is 35.7 Å². The number of benzene rings is 2. The molecule has 1 aliphatic rings. The normalized spacial score (nSPS) is 12.3. The zero-order valence-electron chi connectivity index (χ0n) is 16.1. The van der Waals surface area contributed by atoms with Gasteiger partial charge >= 0.3 is 0 Å². The monoisotopic (exact) mass is 436 g/mol. The molecule has 1 aliphatic heterocycles. The molecule has 0 unspecified atom stereocenters. The number of pyridine rings is 1. The van der Waals surface area contributed by atoms with E-state index in [4.69, 9.17) is 16.7 Å². The molecule has 2 aromatic carbocycles. The van der Waals surface area contributed by atoms with Gasteiger partial charge in [-0.2, -0.15) is 5.10 Å². The fourth-order valence-electron chi connectivity index (χ4n) is 3.49. The Morgan fingerprint density at radius 3 is 2.47 bits per heavy atom. The van der Waals surface area contributed by atoms with Gasteiger partial charge in [0.15, 0.2) is 0 Å². The largest absolute Gasteiger partial charge is 0.265 e. The van der Waals surface area contributed by atoms with Gasteiger partial charge in [-0.15, -0.1) is 22.6 Å². The molecule has 8 heteroatoms. The quantitative estimate of drug-likeness (QED) is 0.461. The number of hydrazone groups is 1. The third-order valence-corrected chi connectivity index (χ3v) is 5.08. The molecule has 0 amide bonds. The Morgan fingerprint density at radius 1 is 0.933 bits per heavy atom. The van der Waals surface area contributed by atoms with Crippen molar-refractivity contribution in [2.24, 2.45) is 5.10 Å². The number of aryl methyl sites for hydroxylation is 1. The second-order valence-electron chi connectivity index (χ2n) is 6.77. The number of anilines is 1. The molecular weight excluding hydrogens is 419 g/mol. The summed E-state index contributed by atoms with van der Waals surface area (Å²) < 4.78 is 2.02. The van der Waals surface area contributed by atoms with Crippen LogP contribution < -0.4 is 5.01 Å². The highest BCUT2D eigenvalue weighted by Gasteiger charge is 2.26. The SMILES string of the molecule is Cc1nnc2n1-c1ccc(Cl)cc1C(c1ccccc1)=NN2Cc1ccncc1.Cl. The summed E-state index contributed by atoms with van der Waals surface area (Å²) in [6, 6.07) is 19.9. The second kappa shape index (κ2) is 8.26. The molecule has 0 fully saturated rings. The van der Waals surface area contributed by atoms with Crippen LogP contribution in [0.3, 0.4) is 0 Å². The van der Waals surface area contributed by atoms with Crippen molar-refractivity contribution in [3.05, 3.63) is 101 Å². The minimum atomic E-state index is 0. The topological polar surface area (TPSA) is 59.2 Å². The van der Waals surface area contributed by atoms with E-state index in [1.807, 2.05) is 77.2 Å². The summed E-state index contributed by atoms with van der Waals surface area (Å²) >= 11 is 6.37. The third-order valence-electron chi connectivity index (χ3n) is 4.84. The first-order valence-corrected chi connectivity index (χ1v) is 9.61. The minimum Gasteiger partial charge on any atom is -0.265 e. The van der Waals surface area contributed by atoms with Crippen molar-refractivity contribution in [3.8, 4) is 5.69 Å². The molecule has 150 valence electrons. The molecule has 2 aromatic heterocycles. The summed E-state index contributed by atoms with van der Waals surface area (Å²) in [6.07, 6.45) is 3.55. The standard InChI is InChI=1S/C22H17ClN6.ClH/c1-15-25-26-22-28(14-16-9-11-24-12-10-16)27-21(17-5-3-2-4-6-17)19-13-18(23)7-8-20(19)29(15)22;/h2-13H,14H2,1H3;1H. The minimum absolute atomic E-state index is 0. The summed E-state index contributed by atoms with van der Waals surface area (Å²) in [5.41, 5.74) is 4.80. The zero-order valence-corrected chi connectivity index (χ0v) is 17.7. The van der Waals surface area contributed by atoms with Crippen LogP contribution in [0.4, 0.5) is 5.95 Å². The lowest BCUT2D eigenvalue weighted by atomic mass is 10.0. The number of rotatable bonds is 3. The molecule has 0 radical (unpaired) electrons. The van der Waals surface area contributed by atoms with Gasteiger partial charge in [0.05, 0.1) is 12.2 Å². The maximum Gasteiger partial charge on any atom is 0.252 e. The van der Waals surface area contributed by atoms with Gasteiger partial charge in [-0.1, -0.05) is 41.9 Å². The molecular formula is C22H18Cl2N6. The molecule has 0 aliphatic carbocycles. The average Bonchev–Trinajstić information content (AvgIpc) is 3.07. The van der Waals surface area contributed by atoms with Gasteiger partial charge in [-0.3, -0.25) is 9.55 Å². The molecule has 3 heterocycles. The van der Waals surface area contributed by atoms with Crippen molar-refractivity contribution < 1.29 is 0 Å². The molecule has 0 spiro atoms. The van der Waals surface area contributed by atoms with Crippen LogP contribution in [-0.2, 0) is 6.54 Å². The van der Waals surface area contributed by atoms with E-state index in [-0.39, 0.29) is 12.4 Å². The van der Waals surface area contributed by atoms with Crippen LogP contribution in [0.2, 0.25) is 5.02 Å². The smallest absolute Gasteiger partial charge is 0.252 e. The highest BCUT2D eigenvalue weighted by Crippen LogP contribution is 2.32. The number of aromatic nitrogens is 4.